The van der Waals surface area contributed by atoms with Crippen molar-refractivity contribution in [3.8, 4) is 11.1 Å². The monoisotopic (exact) mass is 409 g/mol. The quantitative estimate of drug-likeness (QED) is 0.604. The van der Waals surface area contributed by atoms with Crippen molar-refractivity contribution in [2.75, 3.05) is 26.0 Å². The Balaban J connectivity index is 1.66. The van der Waals surface area contributed by atoms with Crippen LogP contribution in [0.25, 0.3) is 22.0 Å². The van der Waals surface area contributed by atoms with E-state index in [0.29, 0.717) is 17.6 Å². The standard InChI is InChI=1S/C24H32FN5/c1-29(2)14-5-15-30-24(27-19-11-9-18(26)10-12-19)21-13-8-17(16-23(21)28-30)20-6-3-4-7-22(20)25/h3-4,6-8,13,16,18-19,27H,5,9-12,14-15,26H2,1-2H3. The van der Waals surface area contributed by atoms with Crippen LogP contribution in [0.3, 0.4) is 0 Å². The van der Waals surface area contributed by atoms with Gasteiger partial charge in [-0.1, -0.05) is 24.3 Å². The van der Waals surface area contributed by atoms with Crippen LogP contribution in [0.15, 0.2) is 42.5 Å². The van der Waals surface area contributed by atoms with Gasteiger partial charge >= 0.3 is 0 Å². The van der Waals surface area contributed by atoms with Gasteiger partial charge in [-0.25, -0.2) is 9.07 Å². The number of aromatic nitrogens is 2. The van der Waals surface area contributed by atoms with Gasteiger partial charge in [-0.05, 0) is 76.5 Å². The maximum absolute atomic E-state index is 14.3. The number of hydrogen-bond acceptors (Lipinski definition) is 4. The molecule has 1 aliphatic carbocycles. The first kappa shape index (κ1) is 20.8. The Hall–Kier alpha value is -2.44. The lowest BCUT2D eigenvalue weighted by atomic mass is 9.92. The molecule has 0 unspecified atom stereocenters. The second-order valence-corrected chi connectivity index (χ2v) is 8.70. The number of hydrogen-bond donors (Lipinski definition) is 2. The fraction of sp³-hybridized carbons (Fsp3) is 0.458. The highest BCUT2D eigenvalue weighted by molar-refractivity contribution is 5.93. The predicted molar refractivity (Wildman–Crippen MR) is 122 cm³/mol. The second kappa shape index (κ2) is 9.14. The average Bonchev–Trinajstić information content (AvgIpc) is 3.06. The number of nitrogens with two attached hydrogens (primary N) is 1. The molecule has 0 radical (unpaired) electrons. The molecule has 0 bridgehead atoms. The number of halogens is 1. The Kier molecular flexibility index (Phi) is 6.35. The Morgan fingerprint density at radius 1 is 1.13 bits per heavy atom. The molecule has 3 aromatic rings. The summed E-state index contributed by atoms with van der Waals surface area (Å²) in [7, 11) is 4.18. The topological polar surface area (TPSA) is 59.1 Å². The molecule has 5 nitrogen and oxygen atoms in total. The summed E-state index contributed by atoms with van der Waals surface area (Å²) >= 11 is 0. The van der Waals surface area contributed by atoms with E-state index >= 15 is 0 Å². The van der Waals surface area contributed by atoms with E-state index in [2.05, 4.69) is 35.1 Å². The molecule has 0 atom stereocenters. The number of anilines is 1. The van der Waals surface area contributed by atoms with Crippen molar-refractivity contribution >= 4 is 16.7 Å². The number of benzene rings is 2. The predicted octanol–water partition coefficient (Wildman–Crippen LogP) is 4.48. The number of aryl methyl sites for hydroxylation is 1. The summed E-state index contributed by atoms with van der Waals surface area (Å²) in [5.74, 6) is 0.864. The third-order valence-electron chi connectivity index (χ3n) is 6.01. The van der Waals surface area contributed by atoms with Crippen molar-refractivity contribution in [1.82, 2.24) is 14.7 Å². The highest BCUT2D eigenvalue weighted by Gasteiger charge is 2.21. The molecule has 1 saturated carbocycles. The first-order chi connectivity index (χ1) is 14.5. The van der Waals surface area contributed by atoms with E-state index in [1.165, 1.54) is 6.07 Å². The maximum atomic E-state index is 14.3. The number of nitrogens with one attached hydrogen (secondary N) is 1. The second-order valence-electron chi connectivity index (χ2n) is 8.70. The Morgan fingerprint density at radius 2 is 1.90 bits per heavy atom. The van der Waals surface area contributed by atoms with Gasteiger partial charge in [0.05, 0.1) is 5.52 Å². The van der Waals surface area contributed by atoms with Crippen molar-refractivity contribution in [3.63, 3.8) is 0 Å². The van der Waals surface area contributed by atoms with Crippen molar-refractivity contribution in [3.05, 3.63) is 48.3 Å². The molecule has 3 N–H and O–H groups in total. The molecule has 4 rings (SSSR count). The molecule has 1 fully saturated rings. The Bertz CT molecular complexity index is 988. The van der Waals surface area contributed by atoms with Gasteiger partial charge in [0, 0.05) is 29.6 Å². The van der Waals surface area contributed by atoms with E-state index in [9.17, 15) is 4.39 Å². The fourth-order valence-corrected chi connectivity index (χ4v) is 4.30. The number of nitrogens with zero attached hydrogens (tertiary/aromatic N) is 3. The van der Waals surface area contributed by atoms with Gasteiger partial charge < -0.3 is 16.0 Å². The van der Waals surface area contributed by atoms with E-state index in [-0.39, 0.29) is 5.82 Å². The van der Waals surface area contributed by atoms with Gasteiger partial charge in [-0.2, -0.15) is 5.10 Å². The molecule has 0 saturated heterocycles. The minimum Gasteiger partial charge on any atom is -0.367 e. The zero-order valence-electron chi connectivity index (χ0n) is 17.9. The lowest BCUT2D eigenvalue weighted by Gasteiger charge is -2.28. The molecular weight excluding hydrogens is 377 g/mol. The smallest absolute Gasteiger partial charge is 0.132 e. The van der Waals surface area contributed by atoms with Crippen LogP contribution in [0.5, 0.6) is 0 Å². The van der Waals surface area contributed by atoms with Gasteiger partial charge in [0.2, 0.25) is 0 Å². The minimum absolute atomic E-state index is 0.209. The van der Waals surface area contributed by atoms with Crippen molar-refractivity contribution in [2.45, 2.75) is 50.7 Å². The van der Waals surface area contributed by atoms with E-state index < -0.39 is 0 Å². The summed E-state index contributed by atoms with van der Waals surface area (Å²) in [6.07, 6.45) is 5.30. The minimum atomic E-state index is -0.209. The molecule has 160 valence electrons. The van der Waals surface area contributed by atoms with Crippen LogP contribution in [-0.2, 0) is 6.54 Å². The Morgan fingerprint density at radius 3 is 2.63 bits per heavy atom. The summed E-state index contributed by atoms with van der Waals surface area (Å²) in [5, 5.41) is 9.75. The van der Waals surface area contributed by atoms with Crippen molar-refractivity contribution in [1.29, 1.82) is 0 Å². The van der Waals surface area contributed by atoms with E-state index in [1.54, 1.807) is 6.07 Å². The largest absolute Gasteiger partial charge is 0.367 e. The molecule has 1 aliphatic rings. The zero-order valence-corrected chi connectivity index (χ0v) is 17.9. The van der Waals surface area contributed by atoms with Gasteiger partial charge in [0.15, 0.2) is 0 Å². The summed E-state index contributed by atoms with van der Waals surface area (Å²) < 4.78 is 16.4. The molecule has 0 spiro atoms. The van der Waals surface area contributed by atoms with Crippen LogP contribution in [0.4, 0.5) is 10.2 Å². The van der Waals surface area contributed by atoms with E-state index in [1.807, 2.05) is 24.3 Å². The molecule has 30 heavy (non-hydrogen) atoms. The normalized spacial score (nSPS) is 19.5. The fourth-order valence-electron chi connectivity index (χ4n) is 4.30. The molecule has 2 aromatic carbocycles. The average molecular weight is 410 g/mol. The maximum Gasteiger partial charge on any atom is 0.132 e. The Labute approximate surface area is 178 Å². The van der Waals surface area contributed by atoms with Gasteiger partial charge in [0.25, 0.3) is 0 Å². The van der Waals surface area contributed by atoms with Crippen LogP contribution in [0.2, 0.25) is 0 Å². The summed E-state index contributed by atoms with van der Waals surface area (Å²) in [4.78, 5) is 2.19. The lowest BCUT2D eigenvalue weighted by Crippen LogP contribution is -2.33. The van der Waals surface area contributed by atoms with Crippen molar-refractivity contribution in [2.24, 2.45) is 5.73 Å². The van der Waals surface area contributed by atoms with Gasteiger partial charge in [-0.3, -0.25) is 0 Å². The van der Waals surface area contributed by atoms with Crippen LogP contribution in [0.1, 0.15) is 32.1 Å². The van der Waals surface area contributed by atoms with Crippen LogP contribution in [0, 0.1) is 5.82 Å². The summed E-state index contributed by atoms with van der Waals surface area (Å²) in [6.45, 7) is 1.85. The van der Waals surface area contributed by atoms with E-state index in [0.717, 1.165) is 67.5 Å². The van der Waals surface area contributed by atoms with Crippen molar-refractivity contribution < 1.29 is 4.39 Å². The molecule has 6 heteroatoms. The molecule has 1 heterocycles. The molecule has 0 amide bonds. The van der Waals surface area contributed by atoms with Crippen LogP contribution >= 0.6 is 0 Å². The van der Waals surface area contributed by atoms with E-state index in [4.69, 9.17) is 10.8 Å². The van der Waals surface area contributed by atoms with Crippen LogP contribution in [-0.4, -0.2) is 47.4 Å². The lowest BCUT2D eigenvalue weighted by molar-refractivity contribution is 0.380. The SMILES string of the molecule is CN(C)CCCn1nc2cc(-c3ccccc3F)ccc2c1NC1CCC(N)CC1. The van der Waals surface area contributed by atoms with Crippen LogP contribution < -0.4 is 11.1 Å². The molecule has 0 aliphatic heterocycles. The first-order valence-electron chi connectivity index (χ1n) is 10.9. The molecule has 1 aromatic heterocycles. The van der Waals surface area contributed by atoms with Gasteiger partial charge in [0.1, 0.15) is 11.6 Å². The highest BCUT2D eigenvalue weighted by Crippen LogP contribution is 2.32. The zero-order chi connectivity index (χ0) is 21.1. The summed E-state index contributed by atoms with van der Waals surface area (Å²) in [5.41, 5.74) is 8.45. The third-order valence-corrected chi connectivity index (χ3v) is 6.01. The third kappa shape index (κ3) is 4.65. The van der Waals surface area contributed by atoms with Gasteiger partial charge in [-0.15, -0.1) is 0 Å². The first-order valence-corrected chi connectivity index (χ1v) is 10.9. The highest BCUT2D eigenvalue weighted by atomic mass is 19.1. The number of rotatable bonds is 7. The molecular formula is C24H32FN5. The number of fused-ring (bicyclic) bond motifs is 1. The summed E-state index contributed by atoms with van der Waals surface area (Å²) in [6, 6.07) is 13.7.